The molecule has 1 rings (SSSR count). The molecule has 106 valence electrons. The summed E-state index contributed by atoms with van der Waals surface area (Å²) in [5.41, 5.74) is 4.67. The lowest BCUT2D eigenvalue weighted by atomic mass is 10.1. The highest BCUT2D eigenvalue weighted by molar-refractivity contribution is 5.64. The summed E-state index contributed by atoms with van der Waals surface area (Å²) in [5, 5.41) is 9.03. The fourth-order valence-corrected chi connectivity index (χ4v) is 1.66. The van der Waals surface area contributed by atoms with Gasteiger partial charge in [0.2, 0.25) is 0 Å². The Hall–Kier alpha value is -1.53. The molecule has 0 spiro atoms. The van der Waals surface area contributed by atoms with E-state index in [1.807, 2.05) is 6.92 Å². The Morgan fingerprint density at radius 3 is 2.50 bits per heavy atom. The minimum atomic E-state index is -0.710. The van der Waals surface area contributed by atoms with Crippen LogP contribution in [0.5, 0.6) is 0 Å². The molecule has 1 fully saturated rings. The highest BCUT2D eigenvalue weighted by Gasteiger charge is 2.15. The molecule has 1 aliphatic rings. The van der Waals surface area contributed by atoms with Crippen LogP contribution >= 0.6 is 0 Å². The lowest BCUT2D eigenvalue weighted by Gasteiger charge is -2.04. The van der Waals surface area contributed by atoms with Gasteiger partial charge in [-0.15, -0.1) is 10.1 Å². The smallest absolute Gasteiger partial charge is 0.404 e. The van der Waals surface area contributed by atoms with E-state index in [9.17, 15) is 14.9 Å². The number of nitrogens with two attached hydrogens (primary N) is 1. The first-order chi connectivity index (χ1) is 8.56. The third-order valence-electron chi connectivity index (χ3n) is 2.63. The molecule has 0 aliphatic heterocycles. The molecular weight excluding hydrogens is 240 g/mol. The molecule has 2 N–H and O–H groups in total. The van der Waals surface area contributed by atoms with Crippen molar-refractivity contribution in [2.24, 2.45) is 11.7 Å². The van der Waals surface area contributed by atoms with Crippen molar-refractivity contribution in [3.05, 3.63) is 10.1 Å². The van der Waals surface area contributed by atoms with E-state index in [-0.39, 0.29) is 0 Å². The summed E-state index contributed by atoms with van der Waals surface area (Å²) in [6.45, 7) is 2.77. The van der Waals surface area contributed by atoms with Gasteiger partial charge in [0.25, 0.3) is 5.09 Å². The normalized spacial score (nSPS) is 14.5. The maximum absolute atomic E-state index is 9.87. The number of rotatable bonds is 6. The summed E-state index contributed by atoms with van der Waals surface area (Å²) in [5.74, 6) is 0.436. The van der Waals surface area contributed by atoms with Crippen LogP contribution < -0.4 is 5.73 Å². The van der Waals surface area contributed by atoms with Crippen LogP contribution in [0.25, 0.3) is 0 Å². The molecule has 1 saturated carbocycles. The molecule has 0 aromatic carbocycles. The summed E-state index contributed by atoms with van der Waals surface area (Å²) < 4.78 is 4.42. The fourth-order valence-electron chi connectivity index (χ4n) is 1.66. The molecule has 0 radical (unpaired) electrons. The van der Waals surface area contributed by atoms with Gasteiger partial charge in [-0.25, -0.2) is 4.79 Å². The van der Waals surface area contributed by atoms with Crippen LogP contribution in [0.1, 0.15) is 45.4 Å². The van der Waals surface area contributed by atoms with Crippen molar-refractivity contribution in [2.45, 2.75) is 45.4 Å². The first-order valence-corrected chi connectivity index (χ1v) is 6.25. The van der Waals surface area contributed by atoms with Crippen LogP contribution in [0.15, 0.2) is 0 Å². The first kappa shape index (κ1) is 16.5. The van der Waals surface area contributed by atoms with Gasteiger partial charge in [0.05, 0.1) is 13.2 Å². The zero-order valence-electron chi connectivity index (χ0n) is 10.8. The third kappa shape index (κ3) is 11.0. The lowest BCUT2D eigenvalue weighted by Crippen LogP contribution is -2.13. The van der Waals surface area contributed by atoms with E-state index in [4.69, 9.17) is 0 Å². The average Bonchev–Trinajstić information content (AvgIpc) is 2.80. The molecule has 0 heterocycles. The molecule has 18 heavy (non-hydrogen) atoms. The Morgan fingerprint density at radius 2 is 2.06 bits per heavy atom. The zero-order valence-corrected chi connectivity index (χ0v) is 10.8. The molecule has 1 amide bonds. The molecule has 1 aliphatic carbocycles. The second kappa shape index (κ2) is 10.6. The molecule has 0 atom stereocenters. The van der Waals surface area contributed by atoms with Crippen molar-refractivity contribution in [3.63, 3.8) is 0 Å². The van der Waals surface area contributed by atoms with Crippen LogP contribution in [-0.2, 0) is 9.57 Å². The topological polar surface area (TPSA) is 105 Å². The van der Waals surface area contributed by atoms with Gasteiger partial charge in [0.1, 0.15) is 0 Å². The van der Waals surface area contributed by atoms with E-state index in [1.54, 1.807) is 0 Å². The van der Waals surface area contributed by atoms with Gasteiger partial charge < -0.3 is 15.3 Å². The summed E-state index contributed by atoms with van der Waals surface area (Å²) >= 11 is 0. The first-order valence-electron chi connectivity index (χ1n) is 6.25. The molecule has 0 unspecified atom stereocenters. The van der Waals surface area contributed by atoms with Gasteiger partial charge in [-0.1, -0.05) is 26.2 Å². The second-order valence-electron chi connectivity index (χ2n) is 4.19. The maximum atomic E-state index is 9.87. The number of ether oxygens (including phenoxy) is 1. The lowest BCUT2D eigenvalue weighted by molar-refractivity contribution is -0.759. The predicted molar refractivity (Wildman–Crippen MR) is 65.3 cm³/mol. The Balaban J connectivity index is 0.000000331. The second-order valence-corrected chi connectivity index (χ2v) is 4.19. The number of hydrogen-bond donors (Lipinski definition) is 1. The van der Waals surface area contributed by atoms with Crippen LogP contribution in [0.2, 0.25) is 0 Å². The third-order valence-corrected chi connectivity index (χ3v) is 2.63. The highest BCUT2D eigenvalue weighted by Crippen LogP contribution is 2.24. The maximum Gasteiger partial charge on any atom is 0.404 e. The number of nitrogens with zero attached hydrogens (tertiary/aromatic N) is 1. The quantitative estimate of drug-likeness (QED) is 0.449. The number of carbonyl (C=O) groups is 1. The van der Waals surface area contributed by atoms with E-state index in [0.717, 1.165) is 25.7 Å². The fraction of sp³-hybridized carbons (Fsp3) is 0.909. The molecule has 0 saturated heterocycles. The monoisotopic (exact) mass is 262 g/mol. The van der Waals surface area contributed by atoms with Crippen LogP contribution in [0, 0.1) is 16.0 Å². The van der Waals surface area contributed by atoms with Gasteiger partial charge in [-0.05, 0) is 25.2 Å². The van der Waals surface area contributed by atoms with Gasteiger partial charge >= 0.3 is 6.09 Å². The van der Waals surface area contributed by atoms with Crippen LogP contribution in [0.3, 0.4) is 0 Å². The number of amides is 1. The number of carbonyl (C=O) groups excluding carboxylic acids is 1. The predicted octanol–water partition coefficient (Wildman–Crippen LogP) is 2.27. The summed E-state index contributed by atoms with van der Waals surface area (Å²) in [4.78, 5) is 23.9. The molecule has 7 nitrogen and oxygen atoms in total. The largest absolute Gasteiger partial charge is 0.450 e. The zero-order chi connectivity index (χ0) is 13.8. The van der Waals surface area contributed by atoms with E-state index < -0.39 is 11.2 Å². The Morgan fingerprint density at radius 1 is 1.44 bits per heavy atom. The van der Waals surface area contributed by atoms with Crippen molar-refractivity contribution in [3.8, 4) is 0 Å². The summed E-state index contributed by atoms with van der Waals surface area (Å²) in [6, 6.07) is 0. The Kier molecular flexibility index (Phi) is 9.71. The number of hydrogen-bond acceptors (Lipinski definition) is 5. The van der Waals surface area contributed by atoms with Crippen LogP contribution in [-0.4, -0.2) is 24.4 Å². The SMILES string of the molecule is CCCCOC(N)=O.O=[N+]([O-])OCC1CCCC1. The van der Waals surface area contributed by atoms with E-state index in [1.165, 1.54) is 12.8 Å². The van der Waals surface area contributed by atoms with Crippen molar-refractivity contribution >= 4 is 6.09 Å². The number of unbranched alkanes of at least 4 members (excludes halogenated alkanes) is 1. The van der Waals surface area contributed by atoms with Gasteiger partial charge in [0.15, 0.2) is 0 Å². The van der Waals surface area contributed by atoms with Crippen molar-refractivity contribution in [1.82, 2.24) is 0 Å². The Labute approximate surface area is 107 Å². The molecule has 0 aromatic rings. The summed E-state index contributed by atoms with van der Waals surface area (Å²) in [7, 11) is 0. The van der Waals surface area contributed by atoms with Gasteiger partial charge in [0, 0.05) is 0 Å². The van der Waals surface area contributed by atoms with Crippen molar-refractivity contribution < 1.29 is 19.5 Å². The highest BCUT2D eigenvalue weighted by atomic mass is 16.9. The standard InChI is InChI=1S/C6H11NO3.C5H11NO2/c8-7(9)10-5-6-3-1-2-4-6;1-2-3-4-8-5(6)7/h6H,1-5H2;2-4H2,1H3,(H2,6,7). The molecule has 7 heteroatoms. The van der Waals surface area contributed by atoms with Crippen molar-refractivity contribution in [2.75, 3.05) is 13.2 Å². The molecule has 0 bridgehead atoms. The molecular formula is C11H22N2O5. The van der Waals surface area contributed by atoms with E-state index >= 15 is 0 Å². The molecule has 0 aromatic heterocycles. The van der Waals surface area contributed by atoms with E-state index in [2.05, 4.69) is 15.3 Å². The van der Waals surface area contributed by atoms with Crippen molar-refractivity contribution in [1.29, 1.82) is 0 Å². The van der Waals surface area contributed by atoms with E-state index in [0.29, 0.717) is 19.1 Å². The van der Waals surface area contributed by atoms with Crippen LogP contribution in [0.4, 0.5) is 4.79 Å². The average molecular weight is 262 g/mol. The minimum Gasteiger partial charge on any atom is -0.450 e. The minimum absolute atomic E-state index is 0.299. The summed E-state index contributed by atoms with van der Waals surface area (Å²) in [6.07, 6.45) is 5.81. The van der Waals surface area contributed by atoms with Gasteiger partial charge in [-0.2, -0.15) is 0 Å². The number of primary amides is 1. The Bertz CT molecular complexity index is 242. The van der Waals surface area contributed by atoms with Gasteiger partial charge in [-0.3, -0.25) is 0 Å².